The van der Waals surface area contributed by atoms with Crippen LogP contribution >= 0.6 is 0 Å². The molecule has 0 N–H and O–H groups in total. The molecule has 0 amide bonds. The first-order valence-corrected chi connectivity index (χ1v) is 8.81. The molecule has 0 aliphatic heterocycles. The molecule has 19 heavy (non-hydrogen) atoms. The second-order valence-electron chi connectivity index (χ2n) is 6.67. The summed E-state index contributed by atoms with van der Waals surface area (Å²) in [7, 11) is 4.34. The molecule has 0 saturated carbocycles. The topological polar surface area (TPSA) is 3.24 Å². The van der Waals surface area contributed by atoms with E-state index in [1.165, 1.54) is 83.6 Å². The van der Waals surface area contributed by atoms with Crippen molar-refractivity contribution in [3.63, 3.8) is 0 Å². The first-order valence-electron chi connectivity index (χ1n) is 8.81. The average molecular weight is 270 g/mol. The second-order valence-corrected chi connectivity index (χ2v) is 6.67. The molecule has 1 heteroatoms. The summed E-state index contributed by atoms with van der Waals surface area (Å²) in [6.07, 6.45) is 17.3. The molecular formula is C18H39N. The Morgan fingerprint density at radius 2 is 1.16 bits per heavy atom. The van der Waals surface area contributed by atoms with Gasteiger partial charge in [0.25, 0.3) is 0 Å². The molecule has 1 unspecified atom stereocenters. The van der Waals surface area contributed by atoms with Crippen LogP contribution in [0.15, 0.2) is 0 Å². The molecular weight excluding hydrogens is 230 g/mol. The molecule has 116 valence electrons. The van der Waals surface area contributed by atoms with Gasteiger partial charge in [0.2, 0.25) is 0 Å². The third kappa shape index (κ3) is 15.9. The molecule has 0 aromatic carbocycles. The Bertz CT molecular complexity index is 165. The maximum atomic E-state index is 2.44. The van der Waals surface area contributed by atoms with Crippen molar-refractivity contribution in [3.05, 3.63) is 0 Å². The highest BCUT2D eigenvalue weighted by molar-refractivity contribution is 4.56. The van der Waals surface area contributed by atoms with Crippen molar-refractivity contribution in [1.82, 2.24) is 4.90 Å². The summed E-state index contributed by atoms with van der Waals surface area (Å²) in [5, 5.41) is 0. The zero-order valence-electron chi connectivity index (χ0n) is 14.2. The molecule has 0 bridgehead atoms. The maximum Gasteiger partial charge on any atom is -0.00248 e. The molecule has 1 nitrogen and oxygen atoms in total. The van der Waals surface area contributed by atoms with Crippen molar-refractivity contribution in [3.8, 4) is 0 Å². The zero-order chi connectivity index (χ0) is 14.3. The quantitative estimate of drug-likeness (QED) is 0.356. The van der Waals surface area contributed by atoms with Crippen LogP contribution < -0.4 is 0 Å². The molecule has 0 aliphatic carbocycles. The van der Waals surface area contributed by atoms with Crippen LogP contribution in [0.25, 0.3) is 0 Å². The predicted molar refractivity (Wildman–Crippen MR) is 88.8 cm³/mol. The zero-order valence-corrected chi connectivity index (χ0v) is 14.2. The van der Waals surface area contributed by atoms with E-state index in [2.05, 4.69) is 32.8 Å². The molecule has 0 spiro atoms. The van der Waals surface area contributed by atoms with Crippen molar-refractivity contribution < 1.29 is 0 Å². The van der Waals surface area contributed by atoms with E-state index < -0.39 is 0 Å². The molecule has 0 radical (unpaired) electrons. The summed E-state index contributed by atoms with van der Waals surface area (Å²) < 4.78 is 0. The van der Waals surface area contributed by atoms with Crippen LogP contribution in [0.1, 0.15) is 90.9 Å². The van der Waals surface area contributed by atoms with Gasteiger partial charge in [0.05, 0.1) is 0 Å². The van der Waals surface area contributed by atoms with Gasteiger partial charge in [0.15, 0.2) is 0 Å². The SMILES string of the molecule is CCCCCCCCCCC(C)CCCCN(C)C. The van der Waals surface area contributed by atoms with E-state index in [1.54, 1.807) is 0 Å². The lowest BCUT2D eigenvalue weighted by atomic mass is 9.96. The third-order valence-electron chi connectivity index (χ3n) is 4.10. The molecule has 0 aliphatic rings. The minimum atomic E-state index is 0.947. The van der Waals surface area contributed by atoms with E-state index in [0.717, 1.165) is 5.92 Å². The van der Waals surface area contributed by atoms with Crippen molar-refractivity contribution >= 4 is 0 Å². The lowest BCUT2D eigenvalue weighted by molar-refractivity contribution is 0.372. The Balaban J connectivity index is 3.13. The van der Waals surface area contributed by atoms with Gasteiger partial charge in [0, 0.05) is 0 Å². The first-order chi connectivity index (χ1) is 9.16. The van der Waals surface area contributed by atoms with Gasteiger partial charge in [-0.05, 0) is 33.0 Å². The summed E-state index contributed by atoms with van der Waals surface area (Å²) in [6.45, 7) is 5.99. The number of unbranched alkanes of at least 4 members (excludes halogenated alkanes) is 8. The molecule has 1 atom stereocenters. The number of hydrogen-bond donors (Lipinski definition) is 0. The van der Waals surface area contributed by atoms with Crippen molar-refractivity contribution in [2.75, 3.05) is 20.6 Å². The van der Waals surface area contributed by atoms with Gasteiger partial charge in [0.1, 0.15) is 0 Å². The van der Waals surface area contributed by atoms with Crippen LogP contribution in [0, 0.1) is 5.92 Å². The predicted octanol–water partition coefficient (Wildman–Crippen LogP) is 5.89. The molecule has 0 aromatic heterocycles. The Labute approximate surface area is 123 Å². The summed E-state index contributed by atoms with van der Waals surface area (Å²) in [5.41, 5.74) is 0. The van der Waals surface area contributed by atoms with E-state index >= 15 is 0 Å². The fraction of sp³-hybridized carbons (Fsp3) is 1.00. The maximum absolute atomic E-state index is 2.44. The number of rotatable bonds is 14. The average Bonchev–Trinajstić information content (AvgIpc) is 2.37. The molecule has 0 heterocycles. The van der Waals surface area contributed by atoms with Gasteiger partial charge in [-0.1, -0.05) is 84.5 Å². The lowest BCUT2D eigenvalue weighted by Crippen LogP contribution is -2.12. The van der Waals surface area contributed by atoms with Gasteiger partial charge in [-0.15, -0.1) is 0 Å². The Morgan fingerprint density at radius 3 is 1.68 bits per heavy atom. The van der Waals surface area contributed by atoms with Crippen LogP contribution in [0.3, 0.4) is 0 Å². The highest BCUT2D eigenvalue weighted by Crippen LogP contribution is 2.17. The van der Waals surface area contributed by atoms with Crippen LogP contribution in [-0.4, -0.2) is 25.5 Å². The van der Waals surface area contributed by atoms with Crippen LogP contribution in [0.2, 0.25) is 0 Å². The smallest absolute Gasteiger partial charge is 0.00248 e. The molecule has 0 fully saturated rings. The largest absolute Gasteiger partial charge is 0.309 e. The highest BCUT2D eigenvalue weighted by Gasteiger charge is 2.02. The number of nitrogens with zero attached hydrogens (tertiary/aromatic N) is 1. The normalized spacial score (nSPS) is 13.1. The summed E-state index contributed by atoms with van der Waals surface area (Å²) in [6, 6.07) is 0. The van der Waals surface area contributed by atoms with Gasteiger partial charge < -0.3 is 4.90 Å². The van der Waals surface area contributed by atoms with E-state index in [4.69, 9.17) is 0 Å². The summed E-state index contributed by atoms with van der Waals surface area (Å²) in [5.74, 6) is 0.947. The van der Waals surface area contributed by atoms with Gasteiger partial charge >= 0.3 is 0 Å². The van der Waals surface area contributed by atoms with Gasteiger partial charge in [-0.25, -0.2) is 0 Å². The van der Waals surface area contributed by atoms with E-state index in [-0.39, 0.29) is 0 Å². The van der Waals surface area contributed by atoms with Crippen LogP contribution in [-0.2, 0) is 0 Å². The fourth-order valence-electron chi connectivity index (χ4n) is 2.69. The molecule has 0 saturated heterocycles. The highest BCUT2D eigenvalue weighted by atomic mass is 15.0. The lowest BCUT2D eigenvalue weighted by Gasteiger charge is -2.13. The van der Waals surface area contributed by atoms with Crippen molar-refractivity contribution in [2.45, 2.75) is 90.9 Å². The molecule has 0 rings (SSSR count). The van der Waals surface area contributed by atoms with Gasteiger partial charge in [-0.2, -0.15) is 0 Å². The minimum absolute atomic E-state index is 0.947. The third-order valence-corrected chi connectivity index (χ3v) is 4.10. The first kappa shape index (κ1) is 19.0. The summed E-state index contributed by atoms with van der Waals surface area (Å²) >= 11 is 0. The van der Waals surface area contributed by atoms with Crippen molar-refractivity contribution in [1.29, 1.82) is 0 Å². The van der Waals surface area contributed by atoms with Crippen LogP contribution in [0.5, 0.6) is 0 Å². The summed E-state index contributed by atoms with van der Waals surface area (Å²) in [4.78, 5) is 2.29. The monoisotopic (exact) mass is 269 g/mol. The van der Waals surface area contributed by atoms with Crippen LogP contribution in [0.4, 0.5) is 0 Å². The van der Waals surface area contributed by atoms with Gasteiger partial charge in [-0.3, -0.25) is 0 Å². The Hall–Kier alpha value is -0.0400. The standard InChI is InChI=1S/C18H39N/c1-5-6-7-8-9-10-11-12-15-18(2)16-13-14-17-19(3)4/h18H,5-17H2,1-4H3. The fourth-order valence-corrected chi connectivity index (χ4v) is 2.69. The van der Waals surface area contributed by atoms with Crippen molar-refractivity contribution in [2.24, 2.45) is 5.92 Å². The molecule has 0 aromatic rings. The van der Waals surface area contributed by atoms with E-state index in [1.807, 2.05) is 0 Å². The van der Waals surface area contributed by atoms with E-state index in [9.17, 15) is 0 Å². The van der Waals surface area contributed by atoms with E-state index in [0.29, 0.717) is 0 Å². The second kappa shape index (κ2) is 14.4. The minimum Gasteiger partial charge on any atom is -0.309 e. The Kier molecular flexibility index (Phi) is 14.3. The Morgan fingerprint density at radius 1 is 0.684 bits per heavy atom. The number of hydrogen-bond acceptors (Lipinski definition) is 1.